The summed E-state index contributed by atoms with van der Waals surface area (Å²) in [4.78, 5) is 27.5. The molecule has 6 nitrogen and oxygen atoms in total. The molecule has 0 aliphatic rings. The minimum atomic E-state index is -0.508. The molecule has 0 saturated heterocycles. The third kappa shape index (κ3) is 2.74. The van der Waals surface area contributed by atoms with Gasteiger partial charge in [0.2, 0.25) is 0 Å². The van der Waals surface area contributed by atoms with Gasteiger partial charge in [0.05, 0.1) is 16.2 Å². The highest BCUT2D eigenvalue weighted by Crippen LogP contribution is 2.24. The molecule has 114 valence electrons. The zero-order chi connectivity index (χ0) is 16.4. The molecule has 0 unspecified atom stereocenters. The van der Waals surface area contributed by atoms with E-state index in [1.807, 2.05) is 6.07 Å². The molecular formula is C17H13N3O3. The molecule has 0 spiro atoms. The Hall–Kier alpha value is -3.28. The summed E-state index contributed by atoms with van der Waals surface area (Å²) in [5.74, 6) is 0.429. The van der Waals surface area contributed by atoms with Gasteiger partial charge in [-0.15, -0.1) is 0 Å². The first-order valence-corrected chi connectivity index (χ1v) is 6.96. The Bertz CT molecular complexity index is 885. The normalized spacial score (nSPS) is 10.5. The van der Waals surface area contributed by atoms with Crippen LogP contribution in [0.1, 0.15) is 21.7 Å². The number of non-ortho nitro benzene ring substituents is 1. The second-order valence-electron chi connectivity index (χ2n) is 5.00. The van der Waals surface area contributed by atoms with E-state index in [0.29, 0.717) is 17.1 Å². The standard InChI is InChI=1S/C17H13N3O3/c1-12-18-9-10-19(12)16-8-7-14(20(22)23)11-15(16)17(21)13-5-3-2-4-6-13/h2-11H,1H3. The van der Waals surface area contributed by atoms with Gasteiger partial charge in [-0.3, -0.25) is 14.9 Å². The molecule has 6 heteroatoms. The van der Waals surface area contributed by atoms with E-state index < -0.39 is 4.92 Å². The van der Waals surface area contributed by atoms with Gasteiger partial charge in [0.25, 0.3) is 5.69 Å². The second kappa shape index (κ2) is 5.84. The summed E-state index contributed by atoms with van der Waals surface area (Å²) in [5, 5.41) is 11.1. The molecule has 0 N–H and O–H groups in total. The Kier molecular flexibility index (Phi) is 3.72. The van der Waals surface area contributed by atoms with Gasteiger partial charge >= 0.3 is 0 Å². The van der Waals surface area contributed by atoms with Gasteiger partial charge in [-0.25, -0.2) is 4.98 Å². The van der Waals surface area contributed by atoms with Gasteiger partial charge in [0, 0.05) is 30.1 Å². The van der Waals surface area contributed by atoms with Crippen molar-refractivity contribution < 1.29 is 9.72 Å². The Labute approximate surface area is 132 Å². The lowest BCUT2D eigenvalue weighted by molar-refractivity contribution is -0.384. The van der Waals surface area contributed by atoms with Gasteiger partial charge in [-0.1, -0.05) is 30.3 Å². The van der Waals surface area contributed by atoms with Gasteiger partial charge < -0.3 is 4.57 Å². The fourth-order valence-corrected chi connectivity index (χ4v) is 2.41. The lowest BCUT2D eigenvalue weighted by Gasteiger charge is -2.11. The molecule has 1 heterocycles. The molecule has 3 aromatic rings. The molecule has 0 aliphatic heterocycles. The first-order valence-electron chi connectivity index (χ1n) is 6.96. The van der Waals surface area contributed by atoms with Crippen LogP contribution in [0.4, 0.5) is 5.69 Å². The van der Waals surface area contributed by atoms with Crippen molar-refractivity contribution in [3.63, 3.8) is 0 Å². The number of imidazole rings is 1. The number of hydrogen-bond acceptors (Lipinski definition) is 4. The monoisotopic (exact) mass is 307 g/mol. The third-order valence-corrected chi connectivity index (χ3v) is 3.56. The maximum Gasteiger partial charge on any atom is 0.270 e. The van der Waals surface area contributed by atoms with Crippen molar-refractivity contribution in [3.05, 3.63) is 88.0 Å². The van der Waals surface area contributed by atoms with E-state index in [0.717, 1.165) is 0 Å². The molecule has 0 fully saturated rings. The van der Waals surface area contributed by atoms with Crippen LogP contribution in [0.3, 0.4) is 0 Å². The lowest BCUT2D eigenvalue weighted by Crippen LogP contribution is -2.09. The number of carbonyl (C=O) groups excluding carboxylic acids is 1. The number of aryl methyl sites for hydroxylation is 1. The topological polar surface area (TPSA) is 78.0 Å². The van der Waals surface area contributed by atoms with Crippen molar-refractivity contribution in [1.29, 1.82) is 0 Å². The van der Waals surface area contributed by atoms with Crippen molar-refractivity contribution in [2.45, 2.75) is 6.92 Å². The summed E-state index contributed by atoms with van der Waals surface area (Å²) >= 11 is 0. The molecule has 0 saturated carbocycles. The van der Waals surface area contributed by atoms with Gasteiger partial charge in [-0.2, -0.15) is 0 Å². The van der Waals surface area contributed by atoms with Gasteiger partial charge in [-0.05, 0) is 13.0 Å². The quantitative estimate of drug-likeness (QED) is 0.421. The highest BCUT2D eigenvalue weighted by Gasteiger charge is 2.19. The third-order valence-electron chi connectivity index (χ3n) is 3.56. The summed E-state index contributed by atoms with van der Waals surface area (Å²) < 4.78 is 1.74. The van der Waals surface area contributed by atoms with E-state index in [9.17, 15) is 14.9 Å². The summed E-state index contributed by atoms with van der Waals surface area (Å²) in [6, 6.07) is 13.0. The van der Waals surface area contributed by atoms with Crippen LogP contribution in [0.25, 0.3) is 5.69 Å². The van der Waals surface area contributed by atoms with Crippen LogP contribution in [0.15, 0.2) is 60.9 Å². The van der Waals surface area contributed by atoms with Crippen LogP contribution in [-0.4, -0.2) is 20.3 Å². The molecule has 3 rings (SSSR count). The highest BCUT2D eigenvalue weighted by atomic mass is 16.6. The maximum atomic E-state index is 12.8. The highest BCUT2D eigenvalue weighted by molar-refractivity contribution is 6.11. The smallest absolute Gasteiger partial charge is 0.270 e. The van der Waals surface area contributed by atoms with E-state index in [2.05, 4.69) is 4.98 Å². The number of nitro groups is 1. The van der Waals surface area contributed by atoms with Crippen molar-refractivity contribution in [2.75, 3.05) is 0 Å². The molecule has 0 radical (unpaired) electrons. The molecule has 2 aromatic carbocycles. The number of rotatable bonds is 4. The van der Waals surface area contributed by atoms with E-state index in [-0.39, 0.29) is 17.0 Å². The fourth-order valence-electron chi connectivity index (χ4n) is 2.41. The SMILES string of the molecule is Cc1nccn1-c1ccc([N+](=O)[O-])cc1C(=O)c1ccccc1. The van der Waals surface area contributed by atoms with Gasteiger partial charge in [0.1, 0.15) is 5.82 Å². The predicted octanol–water partition coefficient (Wildman–Crippen LogP) is 3.32. The van der Waals surface area contributed by atoms with Crippen LogP contribution in [0, 0.1) is 17.0 Å². The maximum absolute atomic E-state index is 12.8. The minimum Gasteiger partial charge on any atom is -0.303 e. The van der Waals surface area contributed by atoms with Crippen molar-refractivity contribution in [1.82, 2.24) is 9.55 Å². The number of carbonyl (C=O) groups is 1. The van der Waals surface area contributed by atoms with E-state index in [4.69, 9.17) is 0 Å². The number of ketones is 1. The molecule has 23 heavy (non-hydrogen) atoms. The van der Waals surface area contributed by atoms with Crippen LogP contribution in [0.2, 0.25) is 0 Å². The van der Waals surface area contributed by atoms with Crippen LogP contribution < -0.4 is 0 Å². The van der Waals surface area contributed by atoms with Crippen molar-refractivity contribution >= 4 is 11.5 Å². The Balaban J connectivity index is 2.20. The molecule has 0 bridgehead atoms. The van der Waals surface area contributed by atoms with Crippen molar-refractivity contribution in [2.24, 2.45) is 0 Å². The molecule has 1 aromatic heterocycles. The summed E-state index contributed by atoms with van der Waals surface area (Å²) in [7, 11) is 0. The van der Waals surface area contributed by atoms with Crippen LogP contribution >= 0.6 is 0 Å². The lowest BCUT2D eigenvalue weighted by atomic mass is 10.0. The van der Waals surface area contributed by atoms with Crippen LogP contribution in [0.5, 0.6) is 0 Å². The van der Waals surface area contributed by atoms with Crippen LogP contribution in [-0.2, 0) is 0 Å². The number of hydrogen-bond donors (Lipinski definition) is 0. The Morgan fingerprint density at radius 2 is 1.91 bits per heavy atom. The molecule has 0 amide bonds. The number of aromatic nitrogens is 2. The Morgan fingerprint density at radius 3 is 2.52 bits per heavy atom. The number of benzene rings is 2. The van der Waals surface area contributed by atoms with E-state index >= 15 is 0 Å². The zero-order valence-corrected chi connectivity index (χ0v) is 12.3. The second-order valence-corrected chi connectivity index (χ2v) is 5.00. The largest absolute Gasteiger partial charge is 0.303 e. The van der Waals surface area contributed by atoms with Gasteiger partial charge in [0.15, 0.2) is 5.78 Å². The Morgan fingerprint density at radius 1 is 1.17 bits per heavy atom. The summed E-state index contributed by atoms with van der Waals surface area (Å²) in [5.41, 5.74) is 1.20. The van der Waals surface area contributed by atoms with E-state index in [1.54, 1.807) is 54.2 Å². The average Bonchev–Trinajstić information content (AvgIpc) is 3.00. The molecule has 0 aliphatic carbocycles. The van der Waals surface area contributed by atoms with E-state index in [1.165, 1.54) is 12.1 Å². The fraction of sp³-hybridized carbons (Fsp3) is 0.0588. The molecular weight excluding hydrogens is 294 g/mol. The first-order chi connectivity index (χ1) is 11.1. The first kappa shape index (κ1) is 14.6. The summed E-state index contributed by atoms with van der Waals surface area (Å²) in [6.45, 7) is 1.80. The van der Waals surface area contributed by atoms with Crippen molar-refractivity contribution in [3.8, 4) is 5.69 Å². The number of nitrogens with zero attached hydrogens (tertiary/aromatic N) is 3. The average molecular weight is 307 g/mol. The molecule has 0 atom stereocenters. The number of nitro benzene ring substituents is 1. The minimum absolute atomic E-state index is 0.120. The predicted molar refractivity (Wildman–Crippen MR) is 84.8 cm³/mol. The summed E-state index contributed by atoms with van der Waals surface area (Å²) in [6.07, 6.45) is 3.34. The zero-order valence-electron chi connectivity index (χ0n) is 12.3.